The molecule has 0 N–H and O–H groups in total. The molecule has 0 aromatic heterocycles. The molecule has 1 rings (SSSR count). The van der Waals surface area contributed by atoms with Gasteiger partial charge in [-0.25, -0.2) is 17.7 Å². The molecule has 1 aromatic rings. The van der Waals surface area contributed by atoms with E-state index in [1.807, 2.05) is 0 Å². The van der Waals surface area contributed by atoms with Gasteiger partial charge in [0.1, 0.15) is 0 Å². The fourth-order valence-electron chi connectivity index (χ4n) is 0.926. The summed E-state index contributed by atoms with van der Waals surface area (Å²) in [4.78, 5) is 0. The summed E-state index contributed by atoms with van der Waals surface area (Å²) in [5.74, 6) is -13.1. The van der Waals surface area contributed by atoms with Crippen LogP contribution in [0.1, 0.15) is 0 Å². The lowest BCUT2D eigenvalue weighted by Gasteiger charge is -2.15. The molecule has 0 aliphatic carbocycles. The maximum atomic E-state index is 13.1. The van der Waals surface area contributed by atoms with Gasteiger partial charge in [-0.3, -0.25) is 9.05 Å². The van der Waals surface area contributed by atoms with Gasteiger partial charge in [0.25, 0.3) is 0 Å². The zero-order valence-electron chi connectivity index (χ0n) is 8.97. The van der Waals surface area contributed by atoms with Gasteiger partial charge < -0.3 is 4.52 Å². The molecular formula is C8H6F5O4P. The molecule has 0 heterocycles. The molecule has 10 heteroatoms. The standard InChI is InChI=1S/C8H6F5O4P/c1-15-18(14,16-2)17-8-6(12)4(10)3(9)5(11)7(8)13/h1-2H3. The van der Waals surface area contributed by atoms with Crippen molar-refractivity contribution < 1.29 is 40.1 Å². The van der Waals surface area contributed by atoms with Crippen molar-refractivity contribution in [3.8, 4) is 5.75 Å². The Hall–Kier alpha value is -1.18. The van der Waals surface area contributed by atoms with Gasteiger partial charge in [-0.05, 0) is 0 Å². The third-order valence-corrected chi connectivity index (χ3v) is 3.12. The summed E-state index contributed by atoms with van der Waals surface area (Å²) in [5.41, 5.74) is 0. The van der Waals surface area contributed by atoms with Crippen LogP contribution in [0.2, 0.25) is 0 Å². The van der Waals surface area contributed by atoms with Gasteiger partial charge >= 0.3 is 7.82 Å². The highest BCUT2D eigenvalue weighted by Gasteiger charge is 2.33. The first kappa shape index (κ1) is 14.9. The summed E-state index contributed by atoms with van der Waals surface area (Å²) in [5, 5.41) is 0. The number of phosphoric acid groups is 1. The molecule has 0 atom stereocenters. The van der Waals surface area contributed by atoms with Gasteiger partial charge in [0, 0.05) is 14.2 Å². The predicted molar refractivity (Wildman–Crippen MR) is 48.5 cm³/mol. The first-order valence-corrected chi connectivity index (χ1v) is 5.66. The molecule has 0 amide bonds. The summed E-state index contributed by atoms with van der Waals surface area (Å²) in [7, 11) is -2.84. The van der Waals surface area contributed by atoms with Crippen molar-refractivity contribution in [3.63, 3.8) is 0 Å². The predicted octanol–water partition coefficient (Wildman–Crippen LogP) is 3.16. The second-order valence-corrected chi connectivity index (χ2v) is 4.61. The average molecular weight is 292 g/mol. The molecule has 0 unspecified atom stereocenters. The van der Waals surface area contributed by atoms with Gasteiger partial charge in [0.15, 0.2) is 0 Å². The van der Waals surface area contributed by atoms with E-state index in [1.165, 1.54) is 0 Å². The Morgan fingerprint density at radius 2 is 1.11 bits per heavy atom. The topological polar surface area (TPSA) is 44.8 Å². The van der Waals surface area contributed by atoms with E-state index in [0.29, 0.717) is 0 Å². The second kappa shape index (κ2) is 5.21. The van der Waals surface area contributed by atoms with Crippen molar-refractivity contribution in [1.82, 2.24) is 0 Å². The van der Waals surface area contributed by atoms with Crippen molar-refractivity contribution >= 4 is 7.82 Å². The minimum atomic E-state index is -4.45. The Kier molecular flexibility index (Phi) is 4.31. The van der Waals surface area contributed by atoms with Crippen molar-refractivity contribution in [2.75, 3.05) is 14.2 Å². The number of halogens is 5. The average Bonchev–Trinajstić information content (AvgIpc) is 2.39. The molecule has 0 bridgehead atoms. The molecule has 0 saturated carbocycles. The molecule has 0 radical (unpaired) electrons. The van der Waals surface area contributed by atoms with Crippen LogP contribution in [0, 0.1) is 29.1 Å². The minimum absolute atomic E-state index is 0.802. The van der Waals surface area contributed by atoms with Crippen LogP contribution in [-0.4, -0.2) is 14.2 Å². The Balaban J connectivity index is 3.39. The number of rotatable bonds is 4. The summed E-state index contributed by atoms with van der Waals surface area (Å²) in [6, 6.07) is 0. The highest BCUT2D eigenvalue weighted by molar-refractivity contribution is 7.48. The molecule has 0 spiro atoms. The van der Waals surface area contributed by atoms with E-state index in [4.69, 9.17) is 0 Å². The van der Waals surface area contributed by atoms with Crippen LogP contribution in [0.3, 0.4) is 0 Å². The van der Waals surface area contributed by atoms with Crippen LogP contribution in [-0.2, 0) is 13.6 Å². The maximum Gasteiger partial charge on any atom is 0.529 e. The largest absolute Gasteiger partial charge is 0.529 e. The highest BCUT2D eigenvalue weighted by Crippen LogP contribution is 2.49. The van der Waals surface area contributed by atoms with E-state index < -0.39 is 42.7 Å². The van der Waals surface area contributed by atoms with Crippen LogP contribution < -0.4 is 4.52 Å². The Morgan fingerprint density at radius 3 is 1.44 bits per heavy atom. The Labute approximate surface area is 97.9 Å². The maximum absolute atomic E-state index is 13.1. The van der Waals surface area contributed by atoms with E-state index in [0.717, 1.165) is 14.2 Å². The SMILES string of the molecule is COP(=O)(OC)Oc1c(F)c(F)c(F)c(F)c1F. The monoisotopic (exact) mass is 292 g/mol. The zero-order chi connectivity index (χ0) is 14.1. The van der Waals surface area contributed by atoms with Gasteiger partial charge in [-0.1, -0.05) is 0 Å². The Morgan fingerprint density at radius 1 is 0.778 bits per heavy atom. The molecule has 0 saturated heterocycles. The second-order valence-electron chi connectivity index (χ2n) is 2.80. The van der Waals surface area contributed by atoms with Gasteiger partial charge in [-0.2, -0.15) is 8.78 Å². The molecule has 102 valence electrons. The first-order valence-electron chi connectivity index (χ1n) is 4.20. The smallest absolute Gasteiger partial charge is 0.397 e. The number of hydrogen-bond acceptors (Lipinski definition) is 4. The summed E-state index contributed by atoms with van der Waals surface area (Å²) in [6.07, 6.45) is 0. The molecule has 18 heavy (non-hydrogen) atoms. The number of phosphoric ester groups is 1. The van der Waals surface area contributed by atoms with Crippen LogP contribution >= 0.6 is 7.82 Å². The lowest BCUT2D eigenvalue weighted by atomic mass is 10.3. The van der Waals surface area contributed by atoms with Gasteiger partial charge in [0.2, 0.25) is 34.8 Å². The van der Waals surface area contributed by atoms with Crippen LogP contribution in [0.25, 0.3) is 0 Å². The highest BCUT2D eigenvalue weighted by atomic mass is 31.2. The van der Waals surface area contributed by atoms with Crippen molar-refractivity contribution in [2.45, 2.75) is 0 Å². The van der Waals surface area contributed by atoms with Crippen LogP contribution in [0.15, 0.2) is 0 Å². The molecule has 0 aliphatic rings. The quantitative estimate of drug-likeness (QED) is 0.370. The zero-order valence-corrected chi connectivity index (χ0v) is 9.86. The van der Waals surface area contributed by atoms with E-state index in [2.05, 4.69) is 13.6 Å². The number of hydrogen-bond donors (Lipinski definition) is 0. The van der Waals surface area contributed by atoms with E-state index >= 15 is 0 Å². The summed E-state index contributed by atoms with van der Waals surface area (Å²) in [6.45, 7) is 0. The van der Waals surface area contributed by atoms with Gasteiger partial charge in [0.05, 0.1) is 0 Å². The van der Waals surface area contributed by atoms with Crippen LogP contribution in [0.4, 0.5) is 22.0 Å². The minimum Gasteiger partial charge on any atom is -0.397 e. The third-order valence-electron chi connectivity index (χ3n) is 1.82. The summed E-state index contributed by atoms with van der Waals surface area (Å²) < 4.78 is 88.3. The first-order chi connectivity index (χ1) is 8.27. The van der Waals surface area contributed by atoms with Crippen LogP contribution in [0.5, 0.6) is 5.75 Å². The fraction of sp³-hybridized carbons (Fsp3) is 0.250. The van der Waals surface area contributed by atoms with E-state index in [9.17, 15) is 26.5 Å². The van der Waals surface area contributed by atoms with E-state index in [1.54, 1.807) is 0 Å². The normalized spacial score (nSPS) is 11.7. The third kappa shape index (κ3) is 2.47. The van der Waals surface area contributed by atoms with Gasteiger partial charge in [-0.15, -0.1) is 0 Å². The van der Waals surface area contributed by atoms with Crippen molar-refractivity contribution in [3.05, 3.63) is 29.1 Å². The molecule has 0 aliphatic heterocycles. The van der Waals surface area contributed by atoms with E-state index in [-0.39, 0.29) is 0 Å². The summed E-state index contributed by atoms with van der Waals surface area (Å²) >= 11 is 0. The van der Waals surface area contributed by atoms with Crippen molar-refractivity contribution in [2.24, 2.45) is 0 Å². The molecule has 1 aromatic carbocycles. The lowest BCUT2D eigenvalue weighted by Crippen LogP contribution is -2.07. The fourth-order valence-corrected chi connectivity index (χ4v) is 1.61. The molecule has 4 nitrogen and oxygen atoms in total. The van der Waals surface area contributed by atoms with Crippen molar-refractivity contribution in [1.29, 1.82) is 0 Å². The molecule has 0 fully saturated rings. The Bertz CT molecular complexity index is 484. The number of benzene rings is 1. The molecular weight excluding hydrogens is 286 g/mol. The lowest BCUT2D eigenvalue weighted by molar-refractivity contribution is 0.202.